The van der Waals surface area contributed by atoms with Gasteiger partial charge in [0.25, 0.3) is 5.56 Å². The maximum atomic E-state index is 12.5. The first-order valence-electron chi connectivity index (χ1n) is 8.73. The molecule has 2 aromatic heterocycles. The molecule has 0 aliphatic rings. The number of amides is 1. The molecule has 140 valence electrons. The van der Waals surface area contributed by atoms with Crippen LogP contribution < -0.4 is 16.6 Å². The molecular formula is C20H22N4O3. The first kappa shape index (κ1) is 18.4. The summed E-state index contributed by atoms with van der Waals surface area (Å²) in [7, 11) is 0. The number of benzene rings is 1. The fourth-order valence-corrected chi connectivity index (χ4v) is 2.72. The largest absolute Gasteiger partial charge is 0.460 e. The van der Waals surface area contributed by atoms with E-state index < -0.39 is 11.6 Å². The summed E-state index contributed by atoms with van der Waals surface area (Å²) in [5, 5.41) is 7.11. The predicted molar refractivity (Wildman–Crippen MR) is 103 cm³/mol. The summed E-state index contributed by atoms with van der Waals surface area (Å²) in [5.41, 5.74) is 6.87. The van der Waals surface area contributed by atoms with E-state index in [-0.39, 0.29) is 11.6 Å². The van der Waals surface area contributed by atoms with Gasteiger partial charge in [0.15, 0.2) is 5.76 Å². The molecule has 0 saturated heterocycles. The molecule has 1 atom stereocenters. The summed E-state index contributed by atoms with van der Waals surface area (Å²) in [5.74, 6) is 0.909. The maximum Gasteiger partial charge on any atom is 0.290 e. The van der Waals surface area contributed by atoms with Crippen molar-refractivity contribution in [2.45, 2.75) is 26.3 Å². The molecule has 3 N–H and O–H groups in total. The van der Waals surface area contributed by atoms with Crippen LogP contribution in [-0.2, 0) is 11.2 Å². The molecular weight excluding hydrogens is 344 g/mol. The number of aromatic nitrogens is 2. The number of aryl methyl sites for hydroxylation is 1. The fraction of sp³-hybridized carbons (Fsp3) is 0.250. The second-order valence-electron chi connectivity index (χ2n) is 6.35. The molecule has 3 rings (SSSR count). The number of nitrogens with zero attached hydrogens (tertiary/aromatic N) is 2. The Morgan fingerprint density at radius 3 is 2.67 bits per heavy atom. The number of rotatable bonds is 6. The van der Waals surface area contributed by atoms with E-state index in [0.29, 0.717) is 24.4 Å². The van der Waals surface area contributed by atoms with Crippen LogP contribution in [0, 0.1) is 6.92 Å². The van der Waals surface area contributed by atoms with Crippen molar-refractivity contribution in [3.8, 4) is 11.5 Å². The number of carbonyl (C=O) groups is 1. The van der Waals surface area contributed by atoms with E-state index in [4.69, 9.17) is 10.2 Å². The molecule has 2 heterocycles. The predicted octanol–water partition coefficient (Wildman–Crippen LogP) is 2.31. The quantitative estimate of drug-likeness (QED) is 0.697. The van der Waals surface area contributed by atoms with Gasteiger partial charge in [-0.2, -0.15) is 5.10 Å². The Labute approximate surface area is 156 Å². The van der Waals surface area contributed by atoms with Crippen LogP contribution in [0.5, 0.6) is 0 Å². The molecule has 0 bridgehead atoms. The third-order valence-electron chi connectivity index (χ3n) is 4.26. The molecule has 1 amide bonds. The molecule has 7 heteroatoms. The van der Waals surface area contributed by atoms with Crippen molar-refractivity contribution in [1.29, 1.82) is 0 Å². The van der Waals surface area contributed by atoms with Gasteiger partial charge in [-0.25, -0.2) is 4.68 Å². The van der Waals surface area contributed by atoms with E-state index in [1.165, 1.54) is 6.07 Å². The first-order chi connectivity index (χ1) is 13.0. The van der Waals surface area contributed by atoms with E-state index in [9.17, 15) is 9.59 Å². The topological polar surface area (TPSA) is 103 Å². The number of anilines is 1. The fourth-order valence-electron chi connectivity index (χ4n) is 2.72. The minimum absolute atomic E-state index is 0.0120. The molecule has 0 saturated carbocycles. The number of carbonyl (C=O) groups excluding carboxylic acids is 1. The van der Waals surface area contributed by atoms with Crippen molar-refractivity contribution in [3.05, 3.63) is 70.2 Å². The van der Waals surface area contributed by atoms with Gasteiger partial charge in [-0.05, 0) is 44.0 Å². The van der Waals surface area contributed by atoms with E-state index in [1.807, 2.05) is 37.3 Å². The van der Waals surface area contributed by atoms with Crippen LogP contribution in [0.2, 0.25) is 0 Å². The van der Waals surface area contributed by atoms with Gasteiger partial charge >= 0.3 is 0 Å². The van der Waals surface area contributed by atoms with Crippen molar-refractivity contribution >= 4 is 11.6 Å². The lowest BCUT2D eigenvalue weighted by atomic mass is 10.1. The Morgan fingerprint density at radius 2 is 2.00 bits per heavy atom. The molecule has 1 aromatic carbocycles. The first-order valence-corrected chi connectivity index (χ1v) is 8.73. The highest BCUT2D eigenvalue weighted by molar-refractivity contribution is 5.79. The lowest BCUT2D eigenvalue weighted by molar-refractivity contribution is -0.124. The molecule has 7 nitrogen and oxygen atoms in total. The summed E-state index contributed by atoms with van der Waals surface area (Å²) in [6.45, 7) is 3.89. The zero-order chi connectivity index (χ0) is 19.4. The van der Waals surface area contributed by atoms with Gasteiger partial charge in [0, 0.05) is 6.54 Å². The van der Waals surface area contributed by atoms with Crippen LogP contribution in [0.4, 0.5) is 5.69 Å². The summed E-state index contributed by atoms with van der Waals surface area (Å²) in [6.07, 6.45) is 0.704. The van der Waals surface area contributed by atoms with Crippen LogP contribution in [0.25, 0.3) is 11.5 Å². The monoisotopic (exact) mass is 366 g/mol. The number of nitrogens with one attached hydrogen (secondary N) is 1. The minimum atomic E-state index is -0.799. The standard InChI is InChI=1S/C20H22N4O3/c1-13-8-9-18(27-13)17-12-16(21)20(26)24(23-17)14(2)19(25)22-11-10-15-6-4-3-5-7-15/h3-9,12,14H,10-11,21H2,1-2H3,(H,22,25)/t14-/m0/s1. The number of hydrogen-bond acceptors (Lipinski definition) is 5. The van der Waals surface area contributed by atoms with Gasteiger partial charge in [-0.1, -0.05) is 30.3 Å². The average molecular weight is 366 g/mol. The van der Waals surface area contributed by atoms with Crippen molar-refractivity contribution in [2.24, 2.45) is 0 Å². The molecule has 0 aliphatic heterocycles. The highest BCUT2D eigenvalue weighted by atomic mass is 16.3. The van der Waals surface area contributed by atoms with Gasteiger partial charge in [-0.15, -0.1) is 0 Å². The lowest BCUT2D eigenvalue weighted by Crippen LogP contribution is -2.38. The number of nitrogen functional groups attached to an aromatic ring is 1. The Morgan fingerprint density at radius 1 is 1.26 bits per heavy atom. The van der Waals surface area contributed by atoms with E-state index >= 15 is 0 Å². The average Bonchev–Trinajstić information content (AvgIpc) is 3.10. The highest BCUT2D eigenvalue weighted by Crippen LogP contribution is 2.20. The molecule has 0 spiro atoms. The number of hydrogen-bond donors (Lipinski definition) is 2. The second kappa shape index (κ2) is 7.90. The zero-order valence-electron chi connectivity index (χ0n) is 15.3. The molecule has 0 fully saturated rings. The van der Waals surface area contributed by atoms with Crippen molar-refractivity contribution in [3.63, 3.8) is 0 Å². The van der Waals surface area contributed by atoms with Gasteiger partial charge in [-0.3, -0.25) is 9.59 Å². The Balaban J connectivity index is 1.75. The Kier molecular flexibility index (Phi) is 5.40. The van der Waals surface area contributed by atoms with Crippen molar-refractivity contribution in [1.82, 2.24) is 15.1 Å². The Hall–Kier alpha value is -3.35. The minimum Gasteiger partial charge on any atom is -0.460 e. The van der Waals surface area contributed by atoms with Gasteiger partial charge in [0.1, 0.15) is 23.2 Å². The van der Waals surface area contributed by atoms with Crippen LogP contribution >= 0.6 is 0 Å². The van der Waals surface area contributed by atoms with Gasteiger partial charge in [0.2, 0.25) is 5.91 Å². The van der Waals surface area contributed by atoms with Crippen LogP contribution in [0.15, 0.2) is 57.7 Å². The Bertz CT molecular complexity index is 992. The van der Waals surface area contributed by atoms with Gasteiger partial charge in [0.05, 0.1) is 0 Å². The van der Waals surface area contributed by atoms with Crippen LogP contribution in [0.3, 0.4) is 0 Å². The maximum absolute atomic E-state index is 12.5. The summed E-state index contributed by atoms with van der Waals surface area (Å²) >= 11 is 0. The zero-order valence-corrected chi connectivity index (χ0v) is 15.3. The van der Waals surface area contributed by atoms with Crippen LogP contribution in [0.1, 0.15) is 24.3 Å². The second-order valence-corrected chi connectivity index (χ2v) is 6.35. The summed E-state index contributed by atoms with van der Waals surface area (Å²) in [6, 6.07) is 14.0. The van der Waals surface area contributed by atoms with Crippen molar-refractivity contribution < 1.29 is 9.21 Å². The summed E-state index contributed by atoms with van der Waals surface area (Å²) < 4.78 is 6.64. The molecule has 0 radical (unpaired) electrons. The highest BCUT2D eigenvalue weighted by Gasteiger charge is 2.20. The molecule has 0 unspecified atom stereocenters. The number of furan rings is 1. The smallest absolute Gasteiger partial charge is 0.290 e. The number of nitrogens with two attached hydrogens (primary N) is 1. The molecule has 0 aliphatic carbocycles. The molecule has 3 aromatic rings. The van der Waals surface area contributed by atoms with Crippen LogP contribution in [-0.4, -0.2) is 22.2 Å². The van der Waals surface area contributed by atoms with E-state index in [0.717, 1.165) is 16.0 Å². The lowest BCUT2D eigenvalue weighted by Gasteiger charge is -2.15. The van der Waals surface area contributed by atoms with Crippen molar-refractivity contribution in [2.75, 3.05) is 12.3 Å². The van der Waals surface area contributed by atoms with E-state index in [2.05, 4.69) is 10.4 Å². The van der Waals surface area contributed by atoms with Gasteiger partial charge < -0.3 is 15.5 Å². The summed E-state index contributed by atoms with van der Waals surface area (Å²) in [4.78, 5) is 24.8. The van der Waals surface area contributed by atoms with E-state index in [1.54, 1.807) is 19.1 Å². The normalized spacial score (nSPS) is 11.9. The SMILES string of the molecule is Cc1ccc(-c2cc(N)c(=O)n([C@@H](C)C(=O)NCCc3ccccc3)n2)o1. The third-order valence-corrected chi connectivity index (χ3v) is 4.26. The molecule has 27 heavy (non-hydrogen) atoms. The third kappa shape index (κ3) is 4.25.